The maximum absolute atomic E-state index is 10.9. The molecule has 2 aliphatic carbocycles. The van der Waals surface area contributed by atoms with Crippen molar-refractivity contribution in [3.63, 3.8) is 0 Å². The molecule has 0 amide bonds. The van der Waals surface area contributed by atoms with Crippen molar-refractivity contribution in [2.45, 2.75) is 69.1 Å². The number of rotatable bonds is 5. The van der Waals surface area contributed by atoms with Crippen LogP contribution >= 0.6 is 11.8 Å². The van der Waals surface area contributed by atoms with Gasteiger partial charge in [0.15, 0.2) is 0 Å². The predicted molar refractivity (Wildman–Crippen MR) is 77.7 cm³/mol. The molecule has 2 unspecified atom stereocenters. The normalized spacial score (nSPS) is 30.4. The van der Waals surface area contributed by atoms with Crippen molar-refractivity contribution in [2.75, 3.05) is 5.75 Å². The minimum Gasteiger partial charge on any atom is -0.264 e. The summed E-state index contributed by atoms with van der Waals surface area (Å²) in [5.74, 6) is 1.89. The molecule has 2 aliphatic rings. The first-order chi connectivity index (χ1) is 9.04. The van der Waals surface area contributed by atoms with Crippen LogP contribution in [0.15, 0.2) is 0 Å². The zero-order valence-corrected chi connectivity index (χ0v) is 12.9. The molecule has 0 aromatic rings. The van der Waals surface area contributed by atoms with Gasteiger partial charge in [-0.3, -0.25) is 4.55 Å². The van der Waals surface area contributed by atoms with E-state index in [2.05, 4.69) is 0 Å². The lowest BCUT2D eigenvalue weighted by Gasteiger charge is -2.31. The van der Waals surface area contributed by atoms with Crippen molar-refractivity contribution in [1.29, 1.82) is 0 Å². The summed E-state index contributed by atoms with van der Waals surface area (Å²) in [5.41, 5.74) is 0. The number of hydrogen-bond acceptors (Lipinski definition) is 4. The van der Waals surface area contributed by atoms with E-state index in [9.17, 15) is 8.42 Å². The molecule has 0 bridgehead atoms. The van der Waals surface area contributed by atoms with Gasteiger partial charge in [-0.1, -0.05) is 32.1 Å². The standard InChI is InChI=1S/C13H24O4S2/c14-19(15,16)17-12-8-4-5-9-13(12)18-10-11-6-2-1-3-7-11/h11-13H,1-10H2,(H,14,15,16). The molecule has 0 radical (unpaired) electrons. The van der Waals surface area contributed by atoms with E-state index in [1.54, 1.807) is 0 Å². The largest absolute Gasteiger partial charge is 0.397 e. The third-order valence-corrected chi connectivity index (χ3v) is 6.28. The van der Waals surface area contributed by atoms with E-state index in [0.717, 1.165) is 37.4 Å². The van der Waals surface area contributed by atoms with Crippen molar-refractivity contribution in [1.82, 2.24) is 0 Å². The van der Waals surface area contributed by atoms with E-state index >= 15 is 0 Å². The Bertz CT molecular complexity index is 363. The molecule has 0 heterocycles. The van der Waals surface area contributed by atoms with Gasteiger partial charge in [0.25, 0.3) is 0 Å². The maximum atomic E-state index is 10.9. The topological polar surface area (TPSA) is 63.6 Å². The highest BCUT2D eigenvalue weighted by Crippen LogP contribution is 2.35. The Morgan fingerprint density at radius 1 is 1.00 bits per heavy atom. The molecule has 0 saturated heterocycles. The highest BCUT2D eigenvalue weighted by Gasteiger charge is 2.30. The predicted octanol–water partition coefficient (Wildman–Crippen LogP) is 3.43. The molecule has 0 aromatic carbocycles. The summed E-state index contributed by atoms with van der Waals surface area (Å²) in [4.78, 5) is 0. The summed E-state index contributed by atoms with van der Waals surface area (Å²) in [7, 11) is -4.31. The van der Waals surface area contributed by atoms with Crippen molar-refractivity contribution >= 4 is 22.2 Å². The monoisotopic (exact) mass is 308 g/mol. The van der Waals surface area contributed by atoms with Crippen molar-refractivity contribution in [3.8, 4) is 0 Å². The first kappa shape index (κ1) is 15.6. The molecule has 0 spiro atoms. The van der Waals surface area contributed by atoms with E-state index in [1.165, 1.54) is 32.1 Å². The third-order valence-electron chi connectivity index (χ3n) is 4.16. The minimum absolute atomic E-state index is 0.220. The quantitative estimate of drug-likeness (QED) is 0.788. The maximum Gasteiger partial charge on any atom is 0.397 e. The van der Waals surface area contributed by atoms with Crippen LogP contribution in [0.3, 0.4) is 0 Å². The fourth-order valence-electron chi connectivity index (χ4n) is 3.13. The molecular weight excluding hydrogens is 284 g/mol. The van der Waals surface area contributed by atoms with E-state index < -0.39 is 10.4 Å². The van der Waals surface area contributed by atoms with Gasteiger partial charge in [0, 0.05) is 5.25 Å². The van der Waals surface area contributed by atoms with Crippen LogP contribution in [0.2, 0.25) is 0 Å². The van der Waals surface area contributed by atoms with Gasteiger partial charge in [-0.15, -0.1) is 0 Å². The van der Waals surface area contributed by atoms with Crippen molar-refractivity contribution in [3.05, 3.63) is 0 Å². The van der Waals surface area contributed by atoms with Gasteiger partial charge in [0.1, 0.15) is 0 Å². The Hall–Kier alpha value is 0.220. The molecule has 2 rings (SSSR count). The first-order valence-corrected chi connectivity index (χ1v) is 9.73. The molecule has 2 atom stereocenters. The van der Waals surface area contributed by atoms with Crippen molar-refractivity contribution < 1.29 is 17.2 Å². The van der Waals surface area contributed by atoms with Crippen LogP contribution in [0.5, 0.6) is 0 Å². The molecule has 2 saturated carbocycles. The Morgan fingerprint density at radius 3 is 2.32 bits per heavy atom. The van der Waals surface area contributed by atoms with Crippen LogP contribution in [0, 0.1) is 5.92 Å². The van der Waals surface area contributed by atoms with Crippen LogP contribution in [0.1, 0.15) is 57.8 Å². The Balaban J connectivity index is 1.81. The smallest absolute Gasteiger partial charge is 0.264 e. The van der Waals surface area contributed by atoms with Gasteiger partial charge in [-0.25, -0.2) is 4.18 Å². The lowest BCUT2D eigenvalue weighted by atomic mass is 9.91. The SMILES string of the molecule is O=S(=O)(O)OC1CCCCC1SCC1CCCCC1. The van der Waals surface area contributed by atoms with E-state index in [4.69, 9.17) is 8.74 Å². The van der Waals surface area contributed by atoms with E-state index in [1.807, 2.05) is 11.8 Å². The van der Waals surface area contributed by atoms with E-state index in [0.29, 0.717) is 0 Å². The molecule has 0 aromatic heterocycles. The van der Waals surface area contributed by atoms with Gasteiger partial charge in [-0.05, 0) is 37.4 Å². The number of hydrogen-bond donors (Lipinski definition) is 1. The Morgan fingerprint density at radius 2 is 1.63 bits per heavy atom. The van der Waals surface area contributed by atoms with Gasteiger partial charge in [0.2, 0.25) is 0 Å². The number of thioether (sulfide) groups is 1. The fraction of sp³-hybridized carbons (Fsp3) is 1.00. The van der Waals surface area contributed by atoms with Crippen LogP contribution in [0.25, 0.3) is 0 Å². The van der Waals surface area contributed by atoms with Crippen LogP contribution in [-0.4, -0.2) is 30.1 Å². The Labute approximate surface area is 120 Å². The summed E-state index contributed by atoms with van der Waals surface area (Å²) >= 11 is 1.85. The molecule has 112 valence electrons. The molecule has 4 nitrogen and oxygen atoms in total. The zero-order valence-electron chi connectivity index (χ0n) is 11.3. The molecule has 0 aliphatic heterocycles. The van der Waals surface area contributed by atoms with Gasteiger partial charge < -0.3 is 0 Å². The summed E-state index contributed by atoms with van der Waals surface area (Å²) in [6.07, 6.45) is 10.2. The van der Waals surface area contributed by atoms with Crippen LogP contribution in [0.4, 0.5) is 0 Å². The summed E-state index contributed by atoms with van der Waals surface area (Å²) < 4.78 is 35.4. The average molecular weight is 308 g/mol. The molecule has 6 heteroatoms. The molecule has 1 N–H and O–H groups in total. The van der Waals surface area contributed by atoms with Gasteiger partial charge in [0.05, 0.1) is 6.10 Å². The summed E-state index contributed by atoms with van der Waals surface area (Å²) in [6.45, 7) is 0. The zero-order chi connectivity index (χ0) is 13.7. The van der Waals surface area contributed by atoms with Crippen LogP contribution < -0.4 is 0 Å². The summed E-state index contributed by atoms with van der Waals surface area (Å²) in [5, 5.41) is 0.220. The second kappa shape index (κ2) is 7.29. The van der Waals surface area contributed by atoms with E-state index in [-0.39, 0.29) is 11.4 Å². The lowest BCUT2D eigenvalue weighted by Crippen LogP contribution is -2.32. The Kier molecular flexibility index (Phi) is 5.99. The highest BCUT2D eigenvalue weighted by molar-refractivity contribution is 8.00. The summed E-state index contributed by atoms with van der Waals surface area (Å²) in [6, 6.07) is 0. The average Bonchev–Trinajstić information content (AvgIpc) is 2.37. The lowest BCUT2D eigenvalue weighted by molar-refractivity contribution is 0.148. The third kappa shape index (κ3) is 5.61. The molecule has 2 fully saturated rings. The fourth-order valence-corrected chi connectivity index (χ4v) is 5.34. The van der Waals surface area contributed by atoms with Gasteiger partial charge in [-0.2, -0.15) is 20.2 Å². The highest BCUT2D eigenvalue weighted by atomic mass is 32.3. The van der Waals surface area contributed by atoms with Crippen molar-refractivity contribution in [2.24, 2.45) is 5.92 Å². The van der Waals surface area contributed by atoms with Gasteiger partial charge >= 0.3 is 10.4 Å². The van der Waals surface area contributed by atoms with Crippen LogP contribution in [-0.2, 0) is 14.6 Å². The first-order valence-electron chi connectivity index (χ1n) is 7.32. The molecule has 19 heavy (non-hydrogen) atoms. The second-order valence-corrected chi connectivity index (χ2v) is 8.04. The second-order valence-electron chi connectivity index (χ2n) is 5.72. The minimum atomic E-state index is -4.31. The molecular formula is C13H24O4S2.